The van der Waals surface area contributed by atoms with Crippen LogP contribution in [0.5, 0.6) is 0 Å². The molecule has 0 saturated heterocycles. The molecule has 76 valence electrons. The lowest BCUT2D eigenvalue weighted by Crippen LogP contribution is -1.89. The fourth-order valence-electron chi connectivity index (χ4n) is 1.57. The van der Waals surface area contributed by atoms with E-state index in [1.807, 2.05) is 30.6 Å². The molecule has 1 heterocycles. The Morgan fingerprint density at radius 3 is 2.60 bits per heavy atom. The number of hydrogen-bond donors (Lipinski definition) is 0. The molecule has 0 N–H and O–H groups in total. The third-order valence-electron chi connectivity index (χ3n) is 2.32. The first-order valence-electron chi connectivity index (χ1n) is 4.85. The van der Waals surface area contributed by atoms with Crippen molar-refractivity contribution in [2.24, 2.45) is 0 Å². The molecule has 1 aromatic carbocycles. The molecule has 0 unspecified atom stereocenters. The van der Waals surface area contributed by atoms with E-state index in [9.17, 15) is 0 Å². The fraction of sp³-hybridized carbons (Fsp3) is 0.167. The quantitative estimate of drug-likeness (QED) is 0.773. The number of hydrogen-bond acceptors (Lipinski definition) is 2. The third-order valence-corrected chi connectivity index (χ3v) is 2.55. The lowest BCUT2D eigenvalue weighted by Gasteiger charge is -2.07. The number of aromatic nitrogens is 2. The van der Waals surface area contributed by atoms with Crippen molar-refractivity contribution >= 4 is 11.6 Å². The number of aryl methyl sites for hydroxylation is 1. The van der Waals surface area contributed by atoms with E-state index in [-0.39, 0.29) is 0 Å². The average Bonchev–Trinajstić information content (AvgIpc) is 2.30. The Labute approximate surface area is 94.0 Å². The van der Waals surface area contributed by atoms with Crippen LogP contribution >= 0.6 is 11.6 Å². The minimum absolute atomic E-state index is 0.771. The van der Waals surface area contributed by atoms with Crippen LogP contribution in [0.2, 0.25) is 5.02 Å². The molecule has 0 amide bonds. The molecule has 0 aliphatic rings. The van der Waals surface area contributed by atoms with Crippen LogP contribution in [0.3, 0.4) is 0 Å². The summed E-state index contributed by atoms with van der Waals surface area (Å²) in [5, 5.41) is 0.771. The van der Waals surface area contributed by atoms with Gasteiger partial charge >= 0.3 is 0 Å². The number of nitrogens with zero attached hydrogens (tertiary/aromatic N) is 2. The van der Waals surface area contributed by atoms with Crippen molar-refractivity contribution in [1.82, 2.24) is 9.97 Å². The van der Waals surface area contributed by atoms with Gasteiger partial charge < -0.3 is 0 Å². The Hall–Kier alpha value is -1.41. The molecule has 0 atom stereocenters. The summed E-state index contributed by atoms with van der Waals surface area (Å²) in [4.78, 5) is 8.03. The molecule has 0 bridgehead atoms. The predicted molar refractivity (Wildman–Crippen MR) is 61.9 cm³/mol. The highest BCUT2D eigenvalue weighted by Crippen LogP contribution is 2.25. The number of rotatable bonds is 2. The molecule has 0 saturated carbocycles. The largest absolute Gasteiger partial charge is 0.244 e. The van der Waals surface area contributed by atoms with Crippen molar-refractivity contribution in [3.05, 3.63) is 47.5 Å². The van der Waals surface area contributed by atoms with E-state index in [4.69, 9.17) is 11.6 Å². The summed E-state index contributed by atoms with van der Waals surface area (Å²) in [6.45, 7) is 2.11. The summed E-state index contributed by atoms with van der Waals surface area (Å²) < 4.78 is 0. The van der Waals surface area contributed by atoms with Crippen LogP contribution in [0.15, 0.2) is 36.9 Å². The standard InChI is InChI=1S/C12H11ClN2/c1-2-9-5-11(13)3-4-12(9)10-6-14-8-15-7-10/h3-8H,2H2,1H3. The molecule has 2 rings (SSSR count). The zero-order chi connectivity index (χ0) is 10.7. The lowest BCUT2D eigenvalue weighted by atomic mass is 10.0. The third kappa shape index (κ3) is 2.16. The first kappa shape index (κ1) is 10.1. The Morgan fingerprint density at radius 2 is 1.93 bits per heavy atom. The zero-order valence-electron chi connectivity index (χ0n) is 8.44. The van der Waals surface area contributed by atoms with Crippen LogP contribution in [-0.2, 0) is 6.42 Å². The van der Waals surface area contributed by atoms with Crippen molar-refractivity contribution in [3.8, 4) is 11.1 Å². The maximum Gasteiger partial charge on any atom is 0.115 e. The molecular weight excluding hydrogens is 208 g/mol. The second-order valence-corrected chi connectivity index (χ2v) is 3.72. The fourth-order valence-corrected chi connectivity index (χ4v) is 1.77. The molecule has 0 spiro atoms. The summed E-state index contributed by atoms with van der Waals surface area (Å²) in [7, 11) is 0. The van der Waals surface area contributed by atoms with Gasteiger partial charge in [0.15, 0.2) is 0 Å². The highest BCUT2D eigenvalue weighted by atomic mass is 35.5. The van der Waals surface area contributed by atoms with Crippen LogP contribution in [0, 0.1) is 0 Å². The molecule has 2 nitrogen and oxygen atoms in total. The van der Waals surface area contributed by atoms with Crippen molar-refractivity contribution in [3.63, 3.8) is 0 Å². The Morgan fingerprint density at radius 1 is 1.20 bits per heavy atom. The topological polar surface area (TPSA) is 25.8 Å². The van der Waals surface area contributed by atoms with Gasteiger partial charge in [0.2, 0.25) is 0 Å². The summed E-state index contributed by atoms with van der Waals surface area (Å²) in [5.41, 5.74) is 3.41. The molecular formula is C12H11ClN2. The van der Waals surface area contributed by atoms with Crippen molar-refractivity contribution in [1.29, 1.82) is 0 Å². The monoisotopic (exact) mass is 218 g/mol. The summed E-state index contributed by atoms with van der Waals surface area (Å²) in [6, 6.07) is 5.90. The zero-order valence-corrected chi connectivity index (χ0v) is 9.20. The molecule has 0 aliphatic heterocycles. The van der Waals surface area contributed by atoms with Crippen molar-refractivity contribution in [2.75, 3.05) is 0 Å². The Bertz CT molecular complexity index is 454. The van der Waals surface area contributed by atoms with Crippen LogP contribution in [0.4, 0.5) is 0 Å². The normalized spacial score (nSPS) is 10.3. The van der Waals surface area contributed by atoms with Crippen LogP contribution < -0.4 is 0 Å². The maximum absolute atomic E-state index is 5.95. The van der Waals surface area contributed by atoms with Crippen molar-refractivity contribution in [2.45, 2.75) is 13.3 Å². The molecule has 0 fully saturated rings. The molecule has 1 aromatic heterocycles. The van der Waals surface area contributed by atoms with Gasteiger partial charge in [0.25, 0.3) is 0 Å². The Balaban J connectivity index is 2.53. The second kappa shape index (κ2) is 4.41. The van der Waals surface area contributed by atoms with E-state index in [0.717, 1.165) is 22.6 Å². The molecule has 0 radical (unpaired) electrons. The summed E-state index contributed by atoms with van der Waals surface area (Å²) >= 11 is 5.95. The highest BCUT2D eigenvalue weighted by molar-refractivity contribution is 6.30. The van der Waals surface area contributed by atoms with Gasteiger partial charge in [0.1, 0.15) is 6.33 Å². The van der Waals surface area contributed by atoms with E-state index in [0.29, 0.717) is 0 Å². The first-order chi connectivity index (χ1) is 7.31. The maximum atomic E-state index is 5.95. The van der Waals surface area contributed by atoms with E-state index in [1.165, 1.54) is 11.9 Å². The van der Waals surface area contributed by atoms with Crippen molar-refractivity contribution < 1.29 is 0 Å². The van der Waals surface area contributed by atoms with Crippen LogP contribution in [0.25, 0.3) is 11.1 Å². The van der Waals surface area contributed by atoms with Gasteiger partial charge in [0.05, 0.1) is 0 Å². The van der Waals surface area contributed by atoms with Gasteiger partial charge in [-0.15, -0.1) is 0 Å². The van der Waals surface area contributed by atoms with Gasteiger partial charge in [0, 0.05) is 23.0 Å². The second-order valence-electron chi connectivity index (χ2n) is 3.28. The van der Waals surface area contributed by atoms with Crippen LogP contribution in [0.1, 0.15) is 12.5 Å². The smallest absolute Gasteiger partial charge is 0.115 e. The first-order valence-corrected chi connectivity index (χ1v) is 5.23. The summed E-state index contributed by atoms with van der Waals surface area (Å²) in [5.74, 6) is 0. The van der Waals surface area contributed by atoms with Gasteiger partial charge in [-0.25, -0.2) is 9.97 Å². The average molecular weight is 219 g/mol. The van der Waals surface area contributed by atoms with E-state index < -0.39 is 0 Å². The molecule has 2 aromatic rings. The molecule has 3 heteroatoms. The molecule has 15 heavy (non-hydrogen) atoms. The van der Waals surface area contributed by atoms with Gasteiger partial charge in [-0.05, 0) is 29.7 Å². The van der Waals surface area contributed by atoms with Crippen LogP contribution in [-0.4, -0.2) is 9.97 Å². The van der Waals surface area contributed by atoms with Gasteiger partial charge in [-0.2, -0.15) is 0 Å². The van der Waals surface area contributed by atoms with E-state index >= 15 is 0 Å². The van der Waals surface area contributed by atoms with E-state index in [1.54, 1.807) is 0 Å². The van der Waals surface area contributed by atoms with Gasteiger partial charge in [-0.1, -0.05) is 24.6 Å². The predicted octanol–water partition coefficient (Wildman–Crippen LogP) is 3.36. The van der Waals surface area contributed by atoms with E-state index in [2.05, 4.69) is 16.9 Å². The molecule has 0 aliphatic carbocycles. The highest BCUT2D eigenvalue weighted by Gasteiger charge is 2.04. The number of halogens is 1. The minimum Gasteiger partial charge on any atom is -0.244 e. The Kier molecular flexibility index (Phi) is 2.97. The SMILES string of the molecule is CCc1cc(Cl)ccc1-c1cncnc1. The number of benzene rings is 1. The van der Waals surface area contributed by atoms with Gasteiger partial charge in [-0.3, -0.25) is 0 Å². The minimum atomic E-state index is 0.771. The summed E-state index contributed by atoms with van der Waals surface area (Å²) in [6.07, 6.45) is 6.11. The lowest BCUT2D eigenvalue weighted by molar-refractivity contribution is 1.13.